The molecule has 0 bridgehead atoms. The second kappa shape index (κ2) is 38.5. The van der Waals surface area contributed by atoms with Crippen molar-refractivity contribution in [3.63, 3.8) is 0 Å². The van der Waals surface area contributed by atoms with Crippen molar-refractivity contribution in [3.8, 4) is 0 Å². The van der Waals surface area contributed by atoms with E-state index in [2.05, 4.69) is 38.2 Å². The summed E-state index contributed by atoms with van der Waals surface area (Å²) in [6.07, 6.45) is 57.2. The van der Waals surface area contributed by atoms with Crippen LogP contribution in [-0.2, 0) is 0 Å². The summed E-state index contributed by atoms with van der Waals surface area (Å²) >= 11 is 0. The molecule has 0 fully saturated rings. The first kappa shape index (κ1) is 39.5. The topological polar surface area (TPSA) is 0 Å². The molecule has 0 aromatic heterocycles. The molecule has 0 aliphatic carbocycles. The van der Waals surface area contributed by atoms with E-state index in [9.17, 15) is 0 Å². The molecule has 0 heteroatoms. The molecule has 0 aromatic carbocycles. The summed E-state index contributed by atoms with van der Waals surface area (Å²) < 4.78 is 0. The van der Waals surface area contributed by atoms with E-state index in [1.807, 2.05) is 0 Å². The van der Waals surface area contributed by atoms with Gasteiger partial charge in [-0.3, -0.25) is 0 Å². The quantitative estimate of drug-likeness (QED) is 0.0538. The standard InChI is InChI=1S/C40H76/c1-3-5-7-9-11-13-15-17-19-21-23-25-27-29-31-33-35-37-39-40-38-36-34-32-30-28-26-24-22-20-18-16-14-12-10-8-6-4-2/h11,13,30,32H,1-10,12,14-29,31,33-40H2. The second-order valence-corrected chi connectivity index (χ2v) is 12.7. The Morgan fingerprint density at radius 3 is 0.575 bits per heavy atom. The number of allylic oxidation sites excluding steroid dienone is 4. The molecule has 0 rings (SSSR count). The molecule has 0 unspecified atom stereocenters. The molecule has 40 heavy (non-hydrogen) atoms. The maximum Gasteiger partial charge on any atom is -0.0351 e. The zero-order valence-corrected chi connectivity index (χ0v) is 27.8. The first-order chi connectivity index (χ1) is 19.9. The van der Waals surface area contributed by atoms with Gasteiger partial charge in [0, 0.05) is 0 Å². The summed E-state index contributed by atoms with van der Waals surface area (Å²) in [6.45, 7) is 7.83. The smallest absolute Gasteiger partial charge is 0.0351 e. The van der Waals surface area contributed by atoms with Crippen LogP contribution >= 0.6 is 0 Å². The van der Waals surface area contributed by atoms with E-state index in [4.69, 9.17) is 0 Å². The van der Waals surface area contributed by atoms with Gasteiger partial charge in [-0.15, -0.1) is 0 Å². The maximum atomic E-state index is 3.92. The average molecular weight is 557 g/mol. The van der Waals surface area contributed by atoms with Gasteiger partial charge in [0.25, 0.3) is 0 Å². The Bertz CT molecular complexity index is 472. The molecule has 236 valence electrons. The Kier molecular flexibility index (Phi) is 38.0. The fourth-order valence-corrected chi connectivity index (χ4v) is 5.76. The molecular weight excluding hydrogens is 480 g/mol. The van der Waals surface area contributed by atoms with E-state index in [-0.39, 0.29) is 0 Å². The minimum atomic E-state index is 1.09. The van der Waals surface area contributed by atoms with Gasteiger partial charge in [0.1, 0.15) is 0 Å². The molecule has 0 heterocycles. The van der Waals surface area contributed by atoms with Gasteiger partial charge in [0.2, 0.25) is 0 Å². The summed E-state index contributed by atoms with van der Waals surface area (Å²) in [6, 6.07) is 0. The van der Waals surface area contributed by atoms with Crippen molar-refractivity contribution in [3.05, 3.63) is 38.2 Å². The van der Waals surface area contributed by atoms with Crippen LogP contribution in [0.3, 0.4) is 0 Å². The van der Waals surface area contributed by atoms with Crippen molar-refractivity contribution in [2.75, 3.05) is 0 Å². The molecule has 0 saturated carbocycles. The molecule has 0 atom stereocenters. The van der Waals surface area contributed by atoms with Crippen molar-refractivity contribution in [2.45, 2.75) is 218 Å². The van der Waals surface area contributed by atoms with Crippen LogP contribution in [0, 0.1) is 13.8 Å². The average Bonchev–Trinajstić information content (AvgIpc) is 2.97. The fourth-order valence-electron chi connectivity index (χ4n) is 5.76. The molecule has 2 radical (unpaired) electrons. The Morgan fingerprint density at radius 1 is 0.200 bits per heavy atom. The zero-order chi connectivity index (χ0) is 28.9. The lowest BCUT2D eigenvalue weighted by Gasteiger charge is -2.03. The number of hydrogen-bond acceptors (Lipinski definition) is 0. The molecule has 0 N–H and O–H groups in total. The molecule has 0 aliphatic rings. The van der Waals surface area contributed by atoms with Gasteiger partial charge in [0.05, 0.1) is 0 Å². The van der Waals surface area contributed by atoms with Gasteiger partial charge in [-0.2, -0.15) is 0 Å². The Hall–Kier alpha value is -0.520. The maximum absolute atomic E-state index is 3.92. The number of rotatable bonds is 35. The first-order valence-electron chi connectivity index (χ1n) is 18.8. The lowest BCUT2D eigenvalue weighted by molar-refractivity contribution is 0.531. The van der Waals surface area contributed by atoms with Crippen LogP contribution in [0.2, 0.25) is 0 Å². The van der Waals surface area contributed by atoms with E-state index in [0.29, 0.717) is 0 Å². The summed E-state index contributed by atoms with van der Waals surface area (Å²) in [5, 5.41) is 0. The van der Waals surface area contributed by atoms with Gasteiger partial charge >= 0.3 is 0 Å². The molecule has 0 aliphatic heterocycles. The molecule has 0 aromatic rings. The monoisotopic (exact) mass is 557 g/mol. The van der Waals surface area contributed by atoms with Crippen LogP contribution in [0.25, 0.3) is 0 Å². The predicted octanol–water partition coefficient (Wildman–Crippen LogP) is 15.0. The molecule has 0 nitrogen and oxygen atoms in total. The van der Waals surface area contributed by atoms with Crippen LogP contribution < -0.4 is 0 Å². The highest BCUT2D eigenvalue weighted by Gasteiger charge is 1.95. The van der Waals surface area contributed by atoms with E-state index >= 15 is 0 Å². The highest BCUT2D eigenvalue weighted by atomic mass is 14.0. The third-order valence-corrected chi connectivity index (χ3v) is 8.57. The van der Waals surface area contributed by atoms with Crippen LogP contribution in [0.1, 0.15) is 218 Å². The molecular formula is C40H76. The van der Waals surface area contributed by atoms with E-state index in [1.54, 1.807) is 0 Å². The minimum absolute atomic E-state index is 1.09. The van der Waals surface area contributed by atoms with E-state index < -0.39 is 0 Å². The van der Waals surface area contributed by atoms with E-state index in [0.717, 1.165) is 12.8 Å². The predicted molar refractivity (Wildman–Crippen MR) is 186 cm³/mol. The lowest BCUT2D eigenvalue weighted by Crippen LogP contribution is -1.83. The Labute approximate surface area is 256 Å². The Morgan fingerprint density at radius 2 is 0.350 bits per heavy atom. The third kappa shape index (κ3) is 37.5. The molecule has 0 spiro atoms. The van der Waals surface area contributed by atoms with Gasteiger partial charge in [-0.25, -0.2) is 0 Å². The van der Waals surface area contributed by atoms with Gasteiger partial charge in [-0.1, -0.05) is 205 Å². The number of hydrogen-bond donors (Lipinski definition) is 0. The third-order valence-electron chi connectivity index (χ3n) is 8.57. The van der Waals surface area contributed by atoms with Crippen molar-refractivity contribution >= 4 is 0 Å². The largest absolute Gasteiger partial charge is 0.0885 e. The minimum Gasteiger partial charge on any atom is -0.0885 e. The summed E-state index contributed by atoms with van der Waals surface area (Å²) in [4.78, 5) is 0. The zero-order valence-electron chi connectivity index (χ0n) is 27.8. The van der Waals surface area contributed by atoms with Crippen molar-refractivity contribution in [2.24, 2.45) is 0 Å². The van der Waals surface area contributed by atoms with Gasteiger partial charge < -0.3 is 0 Å². The fraction of sp³-hybridized carbons (Fsp3) is 0.850. The first-order valence-corrected chi connectivity index (χ1v) is 18.8. The van der Waals surface area contributed by atoms with Crippen LogP contribution in [-0.4, -0.2) is 0 Å². The summed E-state index contributed by atoms with van der Waals surface area (Å²) in [7, 11) is 0. The SMILES string of the molecule is [CH2]CCCCC=CCCCCCCCCCCCCCCCCCC=CCCCCCCCCCCCCC[CH2]. The van der Waals surface area contributed by atoms with Crippen LogP contribution in [0.4, 0.5) is 0 Å². The summed E-state index contributed by atoms with van der Waals surface area (Å²) in [5.41, 5.74) is 0. The normalized spacial score (nSPS) is 11.9. The van der Waals surface area contributed by atoms with Crippen molar-refractivity contribution in [1.29, 1.82) is 0 Å². The second-order valence-electron chi connectivity index (χ2n) is 12.7. The lowest BCUT2D eigenvalue weighted by atomic mass is 10.0. The van der Waals surface area contributed by atoms with Crippen molar-refractivity contribution in [1.82, 2.24) is 0 Å². The highest BCUT2D eigenvalue weighted by molar-refractivity contribution is 4.82. The summed E-state index contributed by atoms with van der Waals surface area (Å²) in [5.74, 6) is 0. The van der Waals surface area contributed by atoms with Gasteiger partial charge in [-0.05, 0) is 51.4 Å². The Balaban J connectivity index is 3.10. The molecule has 0 saturated heterocycles. The highest BCUT2D eigenvalue weighted by Crippen LogP contribution is 2.15. The number of unbranched alkanes of at least 4 members (excludes halogenated alkanes) is 31. The molecule has 0 amide bonds. The van der Waals surface area contributed by atoms with Gasteiger partial charge in [0.15, 0.2) is 0 Å². The van der Waals surface area contributed by atoms with Crippen LogP contribution in [0.5, 0.6) is 0 Å². The van der Waals surface area contributed by atoms with Crippen molar-refractivity contribution < 1.29 is 0 Å². The van der Waals surface area contributed by atoms with Crippen LogP contribution in [0.15, 0.2) is 24.3 Å². The van der Waals surface area contributed by atoms with E-state index in [1.165, 1.54) is 205 Å².